The van der Waals surface area contributed by atoms with E-state index >= 15 is 0 Å². The van der Waals surface area contributed by atoms with Crippen molar-refractivity contribution in [3.05, 3.63) is 48.3 Å². The maximum Gasteiger partial charge on any atom is 0.259 e. The van der Waals surface area contributed by atoms with E-state index in [4.69, 9.17) is 9.47 Å². The Morgan fingerprint density at radius 3 is 2.67 bits per heavy atom. The molecule has 1 heterocycles. The number of anilines is 1. The van der Waals surface area contributed by atoms with E-state index in [2.05, 4.69) is 10.3 Å². The van der Waals surface area contributed by atoms with Crippen LogP contribution in [-0.4, -0.2) is 24.1 Å². The summed E-state index contributed by atoms with van der Waals surface area (Å²) in [6, 6.07) is 8.72. The highest BCUT2D eigenvalue weighted by atomic mass is 16.5. The van der Waals surface area contributed by atoms with Crippen LogP contribution in [0.3, 0.4) is 0 Å². The van der Waals surface area contributed by atoms with Crippen LogP contribution in [0.4, 0.5) is 5.69 Å². The van der Waals surface area contributed by atoms with Crippen molar-refractivity contribution in [1.82, 2.24) is 4.98 Å². The minimum atomic E-state index is -0.241. The van der Waals surface area contributed by atoms with Crippen LogP contribution in [-0.2, 0) is 0 Å². The van der Waals surface area contributed by atoms with Crippen molar-refractivity contribution in [3.8, 4) is 11.5 Å². The Bertz CT molecular complexity index is 600. The van der Waals surface area contributed by atoms with E-state index in [9.17, 15) is 4.79 Å². The summed E-state index contributed by atoms with van der Waals surface area (Å²) >= 11 is 0. The molecule has 0 atom stereocenters. The number of hydrogen-bond acceptors (Lipinski definition) is 4. The van der Waals surface area contributed by atoms with Crippen molar-refractivity contribution in [2.24, 2.45) is 0 Å². The fourth-order valence-electron chi connectivity index (χ4n) is 1.86. The van der Waals surface area contributed by atoms with E-state index in [-0.39, 0.29) is 5.91 Å². The zero-order chi connectivity index (χ0) is 15.1. The fourth-order valence-corrected chi connectivity index (χ4v) is 1.86. The number of amides is 1. The van der Waals surface area contributed by atoms with E-state index in [1.807, 2.05) is 13.8 Å². The summed E-state index contributed by atoms with van der Waals surface area (Å²) in [4.78, 5) is 16.3. The number of aromatic nitrogens is 1. The Kier molecular flexibility index (Phi) is 5.15. The van der Waals surface area contributed by atoms with Gasteiger partial charge in [0.15, 0.2) is 0 Å². The lowest BCUT2D eigenvalue weighted by Crippen LogP contribution is -2.14. The van der Waals surface area contributed by atoms with Crippen molar-refractivity contribution in [1.29, 1.82) is 0 Å². The van der Waals surface area contributed by atoms with Crippen LogP contribution in [0.5, 0.6) is 11.5 Å². The molecule has 1 aromatic heterocycles. The number of benzene rings is 1. The Hall–Kier alpha value is -2.56. The molecule has 0 aliphatic carbocycles. The van der Waals surface area contributed by atoms with Crippen molar-refractivity contribution in [2.45, 2.75) is 13.8 Å². The maximum absolute atomic E-state index is 12.3. The average Bonchev–Trinajstić information content (AvgIpc) is 2.49. The second-order valence-electron chi connectivity index (χ2n) is 4.22. The van der Waals surface area contributed by atoms with Crippen LogP contribution in [0.2, 0.25) is 0 Å². The van der Waals surface area contributed by atoms with Gasteiger partial charge in [-0.2, -0.15) is 0 Å². The number of rotatable bonds is 6. The van der Waals surface area contributed by atoms with Crippen LogP contribution in [0.25, 0.3) is 0 Å². The molecule has 5 heteroatoms. The highest BCUT2D eigenvalue weighted by Gasteiger charge is 2.14. The highest BCUT2D eigenvalue weighted by molar-refractivity contribution is 6.06. The van der Waals surface area contributed by atoms with Gasteiger partial charge in [-0.1, -0.05) is 0 Å². The predicted molar refractivity (Wildman–Crippen MR) is 81.0 cm³/mol. The summed E-state index contributed by atoms with van der Waals surface area (Å²) < 4.78 is 11.0. The topological polar surface area (TPSA) is 60.5 Å². The van der Waals surface area contributed by atoms with E-state index < -0.39 is 0 Å². The average molecular weight is 286 g/mol. The number of nitrogens with one attached hydrogen (secondary N) is 1. The molecule has 21 heavy (non-hydrogen) atoms. The molecule has 110 valence electrons. The fraction of sp³-hybridized carbons (Fsp3) is 0.250. The largest absolute Gasteiger partial charge is 0.494 e. The Morgan fingerprint density at radius 1 is 1.19 bits per heavy atom. The summed E-state index contributed by atoms with van der Waals surface area (Å²) in [7, 11) is 0. The van der Waals surface area contributed by atoms with E-state index in [1.54, 1.807) is 42.7 Å². The first-order chi connectivity index (χ1) is 10.2. The predicted octanol–water partition coefficient (Wildman–Crippen LogP) is 3.13. The van der Waals surface area contributed by atoms with Crippen molar-refractivity contribution < 1.29 is 14.3 Å². The molecule has 2 aromatic rings. The molecule has 0 saturated carbocycles. The lowest BCUT2D eigenvalue weighted by Gasteiger charge is -2.12. The number of pyridine rings is 1. The second-order valence-corrected chi connectivity index (χ2v) is 4.22. The minimum Gasteiger partial charge on any atom is -0.494 e. The standard InChI is InChI=1S/C16H18N2O3/c1-3-20-13-7-8-14(15(10-13)21-4-2)16(19)18-12-6-5-9-17-11-12/h5-11H,3-4H2,1-2H3,(H,18,19). The molecule has 0 fully saturated rings. The number of nitrogens with zero attached hydrogens (tertiary/aromatic N) is 1. The molecule has 2 rings (SSSR count). The van der Waals surface area contributed by atoms with Crippen LogP contribution in [0, 0.1) is 0 Å². The number of ether oxygens (including phenoxy) is 2. The summed E-state index contributed by atoms with van der Waals surface area (Å²) in [6.07, 6.45) is 3.24. The molecule has 0 bridgehead atoms. The third-order valence-electron chi connectivity index (χ3n) is 2.73. The SMILES string of the molecule is CCOc1ccc(C(=O)Nc2cccnc2)c(OCC)c1. The van der Waals surface area contributed by atoms with E-state index in [1.165, 1.54) is 0 Å². The van der Waals surface area contributed by atoms with Gasteiger partial charge in [0.2, 0.25) is 0 Å². The third-order valence-corrected chi connectivity index (χ3v) is 2.73. The van der Waals surface area contributed by atoms with Gasteiger partial charge in [-0.25, -0.2) is 0 Å². The van der Waals surface area contributed by atoms with Gasteiger partial charge in [-0.05, 0) is 38.1 Å². The van der Waals surface area contributed by atoms with Gasteiger partial charge in [0.05, 0.1) is 30.7 Å². The lowest BCUT2D eigenvalue weighted by atomic mass is 10.1. The quantitative estimate of drug-likeness (QED) is 0.886. The van der Waals surface area contributed by atoms with Crippen LogP contribution >= 0.6 is 0 Å². The summed E-state index contributed by atoms with van der Waals surface area (Å²) in [5, 5.41) is 2.79. The molecular formula is C16H18N2O3. The molecule has 0 unspecified atom stereocenters. The van der Waals surface area contributed by atoms with Gasteiger partial charge in [0.25, 0.3) is 5.91 Å². The van der Waals surface area contributed by atoms with Gasteiger partial charge in [-0.15, -0.1) is 0 Å². The molecule has 0 aliphatic rings. The summed E-state index contributed by atoms with van der Waals surface area (Å²) in [6.45, 7) is 4.81. The second kappa shape index (κ2) is 7.28. The highest BCUT2D eigenvalue weighted by Crippen LogP contribution is 2.26. The summed E-state index contributed by atoms with van der Waals surface area (Å²) in [5.41, 5.74) is 1.10. The zero-order valence-corrected chi connectivity index (χ0v) is 12.1. The molecule has 1 aromatic carbocycles. The monoisotopic (exact) mass is 286 g/mol. The molecule has 0 aliphatic heterocycles. The zero-order valence-electron chi connectivity index (χ0n) is 12.1. The maximum atomic E-state index is 12.3. The van der Waals surface area contributed by atoms with Gasteiger partial charge < -0.3 is 14.8 Å². The molecule has 1 N–H and O–H groups in total. The smallest absolute Gasteiger partial charge is 0.259 e. The van der Waals surface area contributed by atoms with Gasteiger partial charge in [0, 0.05) is 12.3 Å². The number of hydrogen-bond donors (Lipinski definition) is 1. The molecule has 0 spiro atoms. The van der Waals surface area contributed by atoms with E-state index in [0.29, 0.717) is 36.0 Å². The molecular weight excluding hydrogens is 268 g/mol. The van der Waals surface area contributed by atoms with Gasteiger partial charge >= 0.3 is 0 Å². The molecule has 0 saturated heterocycles. The van der Waals surface area contributed by atoms with Crippen LogP contribution in [0.1, 0.15) is 24.2 Å². The van der Waals surface area contributed by atoms with E-state index in [0.717, 1.165) is 0 Å². The van der Waals surface area contributed by atoms with Crippen LogP contribution in [0.15, 0.2) is 42.7 Å². The molecule has 5 nitrogen and oxygen atoms in total. The van der Waals surface area contributed by atoms with Crippen molar-refractivity contribution >= 4 is 11.6 Å². The lowest BCUT2D eigenvalue weighted by molar-refractivity contribution is 0.102. The molecule has 0 radical (unpaired) electrons. The Balaban J connectivity index is 2.22. The molecule has 1 amide bonds. The Labute approximate surface area is 123 Å². The third kappa shape index (κ3) is 3.95. The summed E-state index contributed by atoms with van der Waals surface area (Å²) in [5.74, 6) is 0.943. The van der Waals surface area contributed by atoms with Gasteiger partial charge in [-0.3, -0.25) is 9.78 Å². The first kappa shape index (κ1) is 14.8. The van der Waals surface area contributed by atoms with Crippen LogP contribution < -0.4 is 14.8 Å². The number of carbonyl (C=O) groups is 1. The van der Waals surface area contributed by atoms with Gasteiger partial charge in [0.1, 0.15) is 11.5 Å². The first-order valence-electron chi connectivity index (χ1n) is 6.85. The normalized spacial score (nSPS) is 10.0. The minimum absolute atomic E-state index is 0.241. The Morgan fingerprint density at radius 2 is 2.00 bits per heavy atom. The van der Waals surface area contributed by atoms with Crippen molar-refractivity contribution in [3.63, 3.8) is 0 Å². The van der Waals surface area contributed by atoms with Crippen molar-refractivity contribution in [2.75, 3.05) is 18.5 Å². The first-order valence-corrected chi connectivity index (χ1v) is 6.85. The number of carbonyl (C=O) groups excluding carboxylic acids is 1.